The Morgan fingerprint density at radius 2 is 1.96 bits per heavy atom. The standard InChI is InChI=1S/C15H24BrN3O3S/c1-18-8-10-19(11-9-18)7-3-6-17-23(20,21)13-4-5-15(22-2)14(16)12-13/h4-5,12,17H,3,6-11H2,1-2H3. The van der Waals surface area contributed by atoms with Crippen LogP contribution in [0.4, 0.5) is 0 Å². The Hall–Kier alpha value is -0.670. The van der Waals surface area contributed by atoms with E-state index < -0.39 is 10.0 Å². The van der Waals surface area contributed by atoms with E-state index in [0.717, 1.165) is 39.1 Å². The summed E-state index contributed by atoms with van der Waals surface area (Å²) in [6.07, 6.45) is 0.806. The highest BCUT2D eigenvalue weighted by molar-refractivity contribution is 9.10. The normalized spacial score (nSPS) is 17.3. The maximum Gasteiger partial charge on any atom is 0.240 e. The minimum Gasteiger partial charge on any atom is -0.496 e. The largest absolute Gasteiger partial charge is 0.496 e. The third-order valence-corrected chi connectivity index (χ3v) is 6.05. The monoisotopic (exact) mass is 405 g/mol. The van der Waals surface area contributed by atoms with Crippen LogP contribution in [0.3, 0.4) is 0 Å². The van der Waals surface area contributed by atoms with Gasteiger partial charge in [0.25, 0.3) is 0 Å². The topological polar surface area (TPSA) is 61.9 Å². The number of hydrogen-bond donors (Lipinski definition) is 1. The van der Waals surface area contributed by atoms with Gasteiger partial charge in [-0.1, -0.05) is 0 Å². The zero-order valence-corrected chi connectivity index (χ0v) is 16.0. The van der Waals surface area contributed by atoms with Crippen LogP contribution in [0.15, 0.2) is 27.6 Å². The molecule has 0 unspecified atom stereocenters. The predicted octanol–water partition coefficient (Wildman–Crippen LogP) is 1.37. The van der Waals surface area contributed by atoms with Crippen molar-refractivity contribution in [3.63, 3.8) is 0 Å². The van der Waals surface area contributed by atoms with E-state index in [1.807, 2.05) is 0 Å². The second-order valence-electron chi connectivity index (χ2n) is 5.69. The Kier molecular flexibility index (Phi) is 6.84. The molecule has 1 saturated heterocycles. The average Bonchev–Trinajstić information content (AvgIpc) is 2.53. The number of methoxy groups -OCH3 is 1. The highest BCUT2D eigenvalue weighted by atomic mass is 79.9. The molecule has 2 rings (SSSR count). The van der Waals surface area contributed by atoms with Crippen LogP contribution in [0.1, 0.15) is 6.42 Å². The summed E-state index contributed by atoms with van der Waals surface area (Å²) in [5.74, 6) is 0.610. The van der Waals surface area contributed by atoms with Gasteiger partial charge in [-0.2, -0.15) is 0 Å². The molecule has 0 bridgehead atoms. The van der Waals surface area contributed by atoms with Gasteiger partial charge in [0.15, 0.2) is 0 Å². The van der Waals surface area contributed by atoms with E-state index in [2.05, 4.69) is 37.5 Å². The molecule has 0 spiro atoms. The molecule has 8 heteroatoms. The molecule has 0 aromatic heterocycles. The third kappa shape index (κ3) is 5.42. The highest BCUT2D eigenvalue weighted by Crippen LogP contribution is 2.27. The SMILES string of the molecule is COc1ccc(S(=O)(=O)NCCCN2CCN(C)CC2)cc1Br. The second-order valence-corrected chi connectivity index (χ2v) is 8.31. The van der Waals surface area contributed by atoms with Gasteiger partial charge in [0.05, 0.1) is 16.5 Å². The molecule has 0 aliphatic carbocycles. The second kappa shape index (κ2) is 8.43. The molecule has 1 N–H and O–H groups in total. The summed E-state index contributed by atoms with van der Waals surface area (Å²) < 4.78 is 33.0. The van der Waals surface area contributed by atoms with Crippen molar-refractivity contribution >= 4 is 26.0 Å². The molecule has 0 amide bonds. The number of rotatable bonds is 7. The number of nitrogens with zero attached hydrogens (tertiary/aromatic N) is 2. The molecule has 1 aliphatic rings. The smallest absolute Gasteiger partial charge is 0.240 e. The molecule has 1 heterocycles. The number of halogens is 1. The molecule has 130 valence electrons. The fraction of sp³-hybridized carbons (Fsp3) is 0.600. The van der Waals surface area contributed by atoms with Gasteiger partial charge in [0, 0.05) is 32.7 Å². The Morgan fingerprint density at radius 1 is 1.26 bits per heavy atom. The molecule has 1 aliphatic heterocycles. The maximum atomic E-state index is 12.3. The van der Waals surface area contributed by atoms with E-state index >= 15 is 0 Å². The van der Waals surface area contributed by atoms with Gasteiger partial charge in [-0.15, -0.1) is 0 Å². The lowest BCUT2D eigenvalue weighted by Gasteiger charge is -2.32. The molecule has 1 fully saturated rings. The van der Waals surface area contributed by atoms with Crippen LogP contribution in [-0.2, 0) is 10.0 Å². The van der Waals surface area contributed by atoms with Gasteiger partial charge in [0.2, 0.25) is 10.0 Å². The zero-order valence-electron chi connectivity index (χ0n) is 13.6. The summed E-state index contributed by atoms with van der Waals surface area (Å²) in [4.78, 5) is 4.92. The maximum absolute atomic E-state index is 12.3. The molecular formula is C15H24BrN3O3S. The first kappa shape index (κ1) is 18.7. The predicted molar refractivity (Wildman–Crippen MR) is 94.4 cm³/mol. The summed E-state index contributed by atoms with van der Waals surface area (Å²) in [6, 6.07) is 4.75. The summed E-state index contributed by atoms with van der Waals surface area (Å²) in [5.41, 5.74) is 0. The molecule has 0 radical (unpaired) electrons. The number of hydrogen-bond acceptors (Lipinski definition) is 5. The number of nitrogens with one attached hydrogen (secondary N) is 1. The molecule has 0 atom stereocenters. The fourth-order valence-electron chi connectivity index (χ4n) is 2.48. The molecule has 23 heavy (non-hydrogen) atoms. The quantitative estimate of drug-likeness (QED) is 0.694. The summed E-state index contributed by atoms with van der Waals surface area (Å²) in [6.45, 7) is 5.61. The number of ether oxygens (including phenoxy) is 1. The van der Waals surface area contributed by atoms with Crippen LogP contribution in [0.2, 0.25) is 0 Å². The van der Waals surface area contributed by atoms with Gasteiger partial charge >= 0.3 is 0 Å². The number of piperazine rings is 1. The van der Waals surface area contributed by atoms with Gasteiger partial charge in [-0.25, -0.2) is 13.1 Å². The lowest BCUT2D eigenvalue weighted by molar-refractivity contribution is 0.153. The highest BCUT2D eigenvalue weighted by Gasteiger charge is 2.16. The minimum atomic E-state index is -3.48. The van der Waals surface area contributed by atoms with Crippen LogP contribution in [0.25, 0.3) is 0 Å². The van der Waals surface area contributed by atoms with E-state index in [0.29, 0.717) is 16.8 Å². The van der Waals surface area contributed by atoms with Crippen LogP contribution in [-0.4, -0.2) is 71.6 Å². The van der Waals surface area contributed by atoms with Gasteiger partial charge in [0.1, 0.15) is 5.75 Å². The van der Waals surface area contributed by atoms with Crippen LogP contribution in [0, 0.1) is 0 Å². The molecular weight excluding hydrogens is 382 g/mol. The van der Waals surface area contributed by atoms with Crippen LogP contribution in [0.5, 0.6) is 5.75 Å². The first-order valence-electron chi connectivity index (χ1n) is 7.66. The van der Waals surface area contributed by atoms with Crippen molar-refractivity contribution < 1.29 is 13.2 Å². The van der Waals surface area contributed by atoms with Crippen molar-refractivity contribution in [1.82, 2.24) is 14.5 Å². The number of benzene rings is 1. The molecule has 1 aromatic carbocycles. The molecule has 0 saturated carbocycles. The Balaban J connectivity index is 1.81. The summed E-state index contributed by atoms with van der Waals surface area (Å²) in [7, 11) is 0.188. The summed E-state index contributed by atoms with van der Waals surface area (Å²) in [5, 5.41) is 0. The van der Waals surface area contributed by atoms with Crippen molar-refractivity contribution in [3.05, 3.63) is 22.7 Å². The van der Waals surface area contributed by atoms with E-state index in [-0.39, 0.29) is 4.90 Å². The molecule has 6 nitrogen and oxygen atoms in total. The van der Waals surface area contributed by atoms with E-state index in [9.17, 15) is 8.42 Å². The van der Waals surface area contributed by atoms with Crippen molar-refractivity contribution in [3.8, 4) is 5.75 Å². The van der Waals surface area contributed by atoms with Crippen LogP contribution >= 0.6 is 15.9 Å². The Morgan fingerprint density at radius 3 is 2.57 bits per heavy atom. The first-order chi connectivity index (χ1) is 10.9. The van der Waals surface area contributed by atoms with E-state index in [1.165, 1.54) is 0 Å². The zero-order chi connectivity index (χ0) is 16.9. The van der Waals surface area contributed by atoms with Crippen molar-refractivity contribution in [1.29, 1.82) is 0 Å². The van der Waals surface area contributed by atoms with E-state index in [4.69, 9.17) is 4.74 Å². The van der Waals surface area contributed by atoms with Gasteiger partial charge in [-0.3, -0.25) is 0 Å². The first-order valence-corrected chi connectivity index (χ1v) is 9.94. The third-order valence-electron chi connectivity index (χ3n) is 3.97. The van der Waals surface area contributed by atoms with Gasteiger partial charge < -0.3 is 14.5 Å². The lowest BCUT2D eigenvalue weighted by Crippen LogP contribution is -2.45. The molecule has 1 aromatic rings. The van der Waals surface area contributed by atoms with Crippen molar-refractivity contribution in [2.24, 2.45) is 0 Å². The fourth-order valence-corrected chi connectivity index (χ4v) is 4.27. The summed E-state index contributed by atoms with van der Waals surface area (Å²) >= 11 is 3.31. The van der Waals surface area contributed by atoms with Crippen molar-refractivity contribution in [2.75, 3.05) is 53.4 Å². The minimum absolute atomic E-state index is 0.241. The Labute approximate surface area is 147 Å². The Bertz CT molecular complexity index is 616. The van der Waals surface area contributed by atoms with Crippen LogP contribution < -0.4 is 9.46 Å². The number of likely N-dealkylation sites (N-methyl/N-ethyl adjacent to an activating group) is 1. The van der Waals surface area contributed by atoms with Crippen molar-refractivity contribution in [2.45, 2.75) is 11.3 Å². The number of sulfonamides is 1. The van der Waals surface area contributed by atoms with Gasteiger partial charge in [-0.05, 0) is 54.1 Å². The average molecular weight is 406 g/mol. The van der Waals surface area contributed by atoms with E-state index in [1.54, 1.807) is 25.3 Å². The lowest BCUT2D eigenvalue weighted by atomic mass is 10.3.